The van der Waals surface area contributed by atoms with E-state index in [2.05, 4.69) is 10.2 Å². The van der Waals surface area contributed by atoms with Crippen LogP contribution >= 0.6 is 0 Å². The van der Waals surface area contributed by atoms with E-state index in [9.17, 15) is 4.79 Å². The third-order valence-electron chi connectivity index (χ3n) is 3.96. The zero-order chi connectivity index (χ0) is 20.9. The largest absolute Gasteiger partial charge is 0.289 e. The van der Waals surface area contributed by atoms with E-state index in [-0.39, 0.29) is 5.78 Å². The van der Waals surface area contributed by atoms with E-state index in [4.69, 9.17) is 0 Å². The van der Waals surface area contributed by atoms with Crippen LogP contribution in [0.15, 0.2) is 77.4 Å². The van der Waals surface area contributed by atoms with Crippen LogP contribution in [0.4, 0.5) is 0 Å². The Hall–Kier alpha value is -2.94. The molecule has 1 heterocycles. The van der Waals surface area contributed by atoms with Gasteiger partial charge in [-0.05, 0) is 31.6 Å². The molecule has 148 valence electrons. The number of nitrogens with zero attached hydrogens (tertiary/aromatic N) is 1. The van der Waals surface area contributed by atoms with Gasteiger partial charge in [-0.15, -0.1) is 0 Å². The van der Waals surface area contributed by atoms with Gasteiger partial charge in [0.15, 0.2) is 5.78 Å². The van der Waals surface area contributed by atoms with Crippen LogP contribution in [0, 0.1) is 0 Å². The molecule has 0 saturated carbocycles. The number of carbonyl (C=O) groups is 1. The molecule has 3 rings (SSSR count). The number of allylic oxidation sites excluding steroid dienone is 7. The molecule has 28 heavy (non-hydrogen) atoms. The molecule has 1 aliphatic carbocycles. The molecule has 0 spiro atoms. The lowest BCUT2D eigenvalue weighted by molar-refractivity contribution is -0.111. The van der Waals surface area contributed by atoms with Crippen LogP contribution in [0.2, 0.25) is 0 Å². The van der Waals surface area contributed by atoms with Gasteiger partial charge in [0.1, 0.15) is 0 Å². The SMILES string of the molecule is C/C=C\C1=C(/C=C\C)C(=O)/C(=C/c2cc(-c3ccccc3)n[nH]2)C1.CC.CC. The van der Waals surface area contributed by atoms with E-state index in [0.717, 1.165) is 33.7 Å². The van der Waals surface area contributed by atoms with Crippen molar-refractivity contribution in [3.63, 3.8) is 0 Å². The number of H-pyrrole nitrogens is 1. The second kappa shape index (κ2) is 12.4. The van der Waals surface area contributed by atoms with Crippen molar-refractivity contribution in [2.75, 3.05) is 0 Å². The van der Waals surface area contributed by atoms with Gasteiger partial charge in [0.25, 0.3) is 0 Å². The fraction of sp³-hybridized carbons (Fsp3) is 0.280. The van der Waals surface area contributed by atoms with Crippen molar-refractivity contribution in [1.82, 2.24) is 10.2 Å². The molecule has 0 fully saturated rings. The summed E-state index contributed by atoms with van der Waals surface area (Å²) in [5, 5.41) is 7.35. The predicted octanol–water partition coefficient (Wildman–Crippen LogP) is 6.93. The van der Waals surface area contributed by atoms with Crippen LogP contribution in [0.3, 0.4) is 0 Å². The normalized spacial score (nSPS) is 15.1. The first-order valence-corrected chi connectivity index (χ1v) is 10.1. The lowest BCUT2D eigenvalue weighted by atomic mass is 10.1. The van der Waals surface area contributed by atoms with Crippen molar-refractivity contribution >= 4 is 11.9 Å². The van der Waals surface area contributed by atoms with Gasteiger partial charge in [-0.1, -0.05) is 82.3 Å². The number of benzene rings is 1. The number of Topliss-reactive ketones (excluding diaryl/α,β-unsaturated/α-hetero) is 1. The Labute approximate surface area is 169 Å². The van der Waals surface area contributed by atoms with Gasteiger partial charge in [-0.25, -0.2) is 0 Å². The zero-order valence-electron chi connectivity index (χ0n) is 17.9. The molecule has 1 N–H and O–H groups in total. The highest BCUT2D eigenvalue weighted by Crippen LogP contribution is 2.31. The summed E-state index contributed by atoms with van der Waals surface area (Å²) >= 11 is 0. The molecule has 3 heteroatoms. The fourth-order valence-corrected chi connectivity index (χ4v) is 2.87. The Kier molecular flexibility index (Phi) is 10.3. The highest BCUT2D eigenvalue weighted by Gasteiger charge is 2.24. The molecule has 2 aromatic rings. The monoisotopic (exact) mass is 376 g/mol. The molecule has 0 aliphatic heterocycles. The maximum atomic E-state index is 12.6. The number of hydrogen-bond acceptors (Lipinski definition) is 2. The van der Waals surface area contributed by atoms with E-state index in [1.807, 2.05) is 108 Å². The highest BCUT2D eigenvalue weighted by atomic mass is 16.1. The van der Waals surface area contributed by atoms with Gasteiger partial charge in [0, 0.05) is 23.1 Å². The minimum Gasteiger partial charge on any atom is -0.289 e. The quantitative estimate of drug-likeness (QED) is 0.588. The summed E-state index contributed by atoms with van der Waals surface area (Å²) in [7, 11) is 0. The van der Waals surface area contributed by atoms with Gasteiger partial charge in [-0.2, -0.15) is 5.10 Å². The van der Waals surface area contributed by atoms with Crippen LogP contribution in [-0.2, 0) is 4.79 Å². The molecule has 0 bridgehead atoms. The Balaban J connectivity index is 0.000000921. The lowest BCUT2D eigenvalue weighted by Gasteiger charge is -1.95. The Bertz CT molecular complexity index is 865. The Morgan fingerprint density at radius 1 is 0.964 bits per heavy atom. The smallest absolute Gasteiger partial charge is 0.189 e. The fourth-order valence-electron chi connectivity index (χ4n) is 2.87. The molecule has 1 aliphatic rings. The number of aromatic amines is 1. The van der Waals surface area contributed by atoms with E-state index >= 15 is 0 Å². The summed E-state index contributed by atoms with van der Waals surface area (Å²) in [5.41, 5.74) is 5.42. The van der Waals surface area contributed by atoms with Crippen LogP contribution < -0.4 is 0 Å². The van der Waals surface area contributed by atoms with Gasteiger partial charge < -0.3 is 0 Å². The number of ketones is 1. The van der Waals surface area contributed by atoms with Crippen molar-refractivity contribution in [1.29, 1.82) is 0 Å². The minimum atomic E-state index is 0.0945. The van der Waals surface area contributed by atoms with Crippen molar-refractivity contribution in [2.24, 2.45) is 0 Å². The number of nitrogens with one attached hydrogen (secondary N) is 1. The molecule has 1 aromatic carbocycles. The second-order valence-corrected chi connectivity index (χ2v) is 5.69. The Morgan fingerprint density at radius 2 is 1.61 bits per heavy atom. The maximum Gasteiger partial charge on any atom is 0.189 e. The summed E-state index contributed by atoms with van der Waals surface area (Å²) in [5.74, 6) is 0.0945. The molecule has 0 amide bonds. The van der Waals surface area contributed by atoms with Crippen LogP contribution in [0.25, 0.3) is 17.3 Å². The van der Waals surface area contributed by atoms with E-state index in [1.54, 1.807) is 0 Å². The molecular formula is C25H32N2O. The second-order valence-electron chi connectivity index (χ2n) is 5.69. The summed E-state index contributed by atoms with van der Waals surface area (Å²) in [6.07, 6.45) is 10.3. The summed E-state index contributed by atoms with van der Waals surface area (Å²) in [6, 6.07) is 12.0. The molecule has 0 saturated heterocycles. The molecule has 0 radical (unpaired) electrons. The lowest BCUT2D eigenvalue weighted by Crippen LogP contribution is -1.97. The average molecular weight is 377 g/mol. The first-order valence-electron chi connectivity index (χ1n) is 10.1. The molecule has 0 atom stereocenters. The van der Waals surface area contributed by atoms with Crippen molar-refractivity contribution < 1.29 is 4.79 Å². The van der Waals surface area contributed by atoms with Crippen LogP contribution in [-0.4, -0.2) is 16.0 Å². The topological polar surface area (TPSA) is 45.8 Å². The van der Waals surface area contributed by atoms with Crippen LogP contribution in [0.5, 0.6) is 0 Å². The Morgan fingerprint density at radius 3 is 2.21 bits per heavy atom. The van der Waals surface area contributed by atoms with Gasteiger partial charge in [0.2, 0.25) is 0 Å². The first kappa shape index (κ1) is 23.1. The molecular weight excluding hydrogens is 344 g/mol. The maximum absolute atomic E-state index is 12.6. The average Bonchev–Trinajstić information content (AvgIpc) is 3.33. The summed E-state index contributed by atoms with van der Waals surface area (Å²) in [4.78, 5) is 12.6. The van der Waals surface area contributed by atoms with Crippen molar-refractivity contribution in [3.05, 3.63) is 83.1 Å². The van der Waals surface area contributed by atoms with E-state index in [1.165, 1.54) is 0 Å². The number of carbonyl (C=O) groups excluding carboxylic acids is 1. The molecule has 1 aromatic heterocycles. The van der Waals surface area contributed by atoms with Crippen LogP contribution in [0.1, 0.15) is 53.7 Å². The van der Waals surface area contributed by atoms with Gasteiger partial charge >= 0.3 is 0 Å². The van der Waals surface area contributed by atoms with Gasteiger partial charge in [-0.3, -0.25) is 9.89 Å². The molecule has 3 nitrogen and oxygen atoms in total. The first-order chi connectivity index (χ1) is 13.7. The zero-order valence-corrected chi connectivity index (χ0v) is 17.9. The molecule has 0 unspecified atom stereocenters. The van der Waals surface area contributed by atoms with E-state index in [0.29, 0.717) is 6.42 Å². The van der Waals surface area contributed by atoms with E-state index < -0.39 is 0 Å². The third kappa shape index (κ3) is 5.78. The number of aromatic nitrogens is 2. The third-order valence-corrected chi connectivity index (χ3v) is 3.96. The summed E-state index contributed by atoms with van der Waals surface area (Å²) in [6.45, 7) is 11.9. The van der Waals surface area contributed by atoms with Crippen molar-refractivity contribution in [2.45, 2.75) is 48.0 Å². The highest BCUT2D eigenvalue weighted by molar-refractivity contribution is 6.16. The van der Waals surface area contributed by atoms with Gasteiger partial charge in [0.05, 0.1) is 11.4 Å². The number of rotatable bonds is 4. The van der Waals surface area contributed by atoms with Crippen molar-refractivity contribution in [3.8, 4) is 11.3 Å². The minimum absolute atomic E-state index is 0.0945. The predicted molar refractivity (Wildman–Crippen MR) is 121 cm³/mol. The number of hydrogen-bond donors (Lipinski definition) is 1. The summed E-state index contributed by atoms with van der Waals surface area (Å²) < 4.78 is 0. The standard InChI is InChI=1S/C21H20N2O.2C2H6/c1-3-8-16-12-17(21(24)19(16)9-4-2)13-18-14-20(23-22-18)15-10-6-5-7-11-15;2*1-2/h3-11,13-14H,12H2,1-2H3,(H,22,23);2*1-2H3/b8-3-,9-4-,17-13+;;.